The molecule has 1 unspecified atom stereocenters. The molecule has 4 atom stereocenters. The summed E-state index contributed by atoms with van der Waals surface area (Å²) >= 11 is 0. The number of allylic oxidation sites excluding steroid dienone is 2. The molecule has 3 heteroatoms. The van der Waals surface area contributed by atoms with E-state index in [0.29, 0.717) is 29.1 Å². The van der Waals surface area contributed by atoms with Crippen LogP contribution in [0.4, 0.5) is 0 Å². The first-order chi connectivity index (χ1) is 13.0. The third-order valence-electron chi connectivity index (χ3n) is 7.27. The largest absolute Gasteiger partial charge is 0.385 e. The van der Waals surface area contributed by atoms with Crippen LogP contribution in [0.15, 0.2) is 12.2 Å². The Kier molecular flexibility index (Phi) is 9.52. The van der Waals surface area contributed by atoms with Gasteiger partial charge in [-0.05, 0) is 68.6 Å². The molecule has 0 aromatic rings. The molecule has 3 nitrogen and oxygen atoms in total. The van der Waals surface area contributed by atoms with Crippen LogP contribution in [0.2, 0.25) is 0 Å². The molecule has 0 aromatic heterocycles. The minimum Gasteiger partial charge on any atom is -0.385 e. The number of hydrogen-bond acceptors (Lipinski definition) is 3. The Bertz CT molecular complexity index is 466. The third-order valence-corrected chi connectivity index (χ3v) is 7.27. The molecular weight excluding hydrogens is 336 g/mol. The van der Waals surface area contributed by atoms with E-state index in [4.69, 9.17) is 9.47 Å². The summed E-state index contributed by atoms with van der Waals surface area (Å²) in [5, 5.41) is 0. The van der Waals surface area contributed by atoms with Crippen LogP contribution in [-0.4, -0.2) is 32.7 Å². The van der Waals surface area contributed by atoms with Gasteiger partial charge in [0.2, 0.25) is 0 Å². The van der Waals surface area contributed by atoms with Gasteiger partial charge in [0.25, 0.3) is 0 Å². The molecule has 0 aromatic carbocycles. The molecule has 0 aliphatic heterocycles. The highest BCUT2D eigenvalue weighted by Gasteiger charge is 2.41. The summed E-state index contributed by atoms with van der Waals surface area (Å²) in [5.74, 6) is 1.83. The molecule has 0 saturated heterocycles. The Morgan fingerprint density at radius 3 is 2.59 bits per heavy atom. The van der Waals surface area contributed by atoms with Gasteiger partial charge in [-0.2, -0.15) is 0 Å². The van der Waals surface area contributed by atoms with Crippen LogP contribution in [-0.2, 0) is 14.3 Å². The second-order valence-corrected chi connectivity index (χ2v) is 9.28. The smallest absolute Gasteiger partial charge is 0.136 e. The fraction of sp³-hybridized carbons (Fsp3) is 0.875. The van der Waals surface area contributed by atoms with E-state index < -0.39 is 0 Å². The number of carbonyl (C=O) groups is 1. The number of Topliss-reactive ketones (excluding diaryl/α,β-unsaturated/α-hetero) is 1. The number of unbranched alkanes of at least 4 members (excludes halogenated alkanes) is 2. The molecule has 2 fully saturated rings. The Labute approximate surface area is 167 Å². The first-order valence-corrected chi connectivity index (χ1v) is 11.2. The normalized spacial score (nSPS) is 28.6. The van der Waals surface area contributed by atoms with Crippen LogP contribution < -0.4 is 0 Å². The number of carbonyl (C=O) groups excluding carboxylic acids is 1. The number of methoxy groups -OCH3 is 2. The molecule has 2 aliphatic rings. The van der Waals surface area contributed by atoms with Crippen LogP contribution in [0.1, 0.15) is 84.5 Å². The summed E-state index contributed by atoms with van der Waals surface area (Å²) in [6, 6.07) is 0. The molecule has 2 aliphatic carbocycles. The summed E-state index contributed by atoms with van der Waals surface area (Å²) in [6.45, 7) is 5.50. The lowest BCUT2D eigenvalue weighted by atomic mass is 9.65. The predicted octanol–water partition coefficient (Wildman–Crippen LogP) is 5.97. The standard InChI is InChI=1S/C24H42O3/c1-19-18-22(25)21(12-8-6-5-7-9-17-26-3)20(19)13-10-14-23(27-4)24(2)15-11-16-24/h6,8,19-21,23H,5,7,9-18H2,1-4H3/b8-6-/t19-,20+,21-,23?/m1/s1. The van der Waals surface area contributed by atoms with Gasteiger partial charge in [-0.1, -0.05) is 38.8 Å². The zero-order valence-electron chi connectivity index (χ0n) is 18.2. The molecule has 2 saturated carbocycles. The van der Waals surface area contributed by atoms with Crippen LogP contribution in [0, 0.1) is 23.2 Å². The highest BCUT2D eigenvalue weighted by atomic mass is 16.5. The van der Waals surface area contributed by atoms with Crippen LogP contribution in [0.25, 0.3) is 0 Å². The summed E-state index contributed by atoms with van der Waals surface area (Å²) in [6.07, 6.45) is 17.5. The van der Waals surface area contributed by atoms with Crippen LogP contribution in [0.5, 0.6) is 0 Å². The van der Waals surface area contributed by atoms with Gasteiger partial charge >= 0.3 is 0 Å². The van der Waals surface area contributed by atoms with E-state index in [1.165, 1.54) is 38.5 Å². The van der Waals surface area contributed by atoms with Gasteiger partial charge < -0.3 is 9.47 Å². The highest BCUT2D eigenvalue weighted by Crippen LogP contribution is 2.46. The molecule has 0 N–H and O–H groups in total. The molecule has 0 spiro atoms. The first-order valence-electron chi connectivity index (χ1n) is 11.2. The SMILES string of the molecule is COCCCC/C=C\C[C@H]1C(=O)C[C@@H](C)[C@@H]1CCCC(OC)C1(C)CCC1. The Morgan fingerprint density at radius 2 is 1.96 bits per heavy atom. The van der Waals surface area contributed by atoms with Gasteiger partial charge in [-0.25, -0.2) is 0 Å². The molecular formula is C24H42O3. The van der Waals surface area contributed by atoms with E-state index in [1.807, 2.05) is 7.11 Å². The zero-order chi connectivity index (χ0) is 19.7. The number of hydrogen-bond donors (Lipinski definition) is 0. The summed E-state index contributed by atoms with van der Waals surface area (Å²) in [4.78, 5) is 12.5. The average molecular weight is 379 g/mol. The lowest BCUT2D eigenvalue weighted by Crippen LogP contribution is -2.39. The Morgan fingerprint density at radius 1 is 1.19 bits per heavy atom. The van der Waals surface area contributed by atoms with Crippen molar-refractivity contribution in [2.45, 2.75) is 90.6 Å². The number of ether oxygens (including phenoxy) is 2. The molecule has 0 heterocycles. The second kappa shape index (κ2) is 11.4. The fourth-order valence-corrected chi connectivity index (χ4v) is 5.26. The minimum atomic E-state index is 0.246. The van der Waals surface area contributed by atoms with E-state index in [9.17, 15) is 4.79 Å². The summed E-state index contributed by atoms with van der Waals surface area (Å²) in [7, 11) is 3.63. The van der Waals surface area contributed by atoms with Gasteiger partial charge in [0.15, 0.2) is 0 Å². The van der Waals surface area contributed by atoms with Crippen LogP contribution in [0.3, 0.4) is 0 Å². The quantitative estimate of drug-likeness (QED) is 0.293. The first kappa shape index (κ1) is 22.6. The van der Waals surface area contributed by atoms with Gasteiger partial charge in [-0.3, -0.25) is 4.79 Å². The van der Waals surface area contributed by atoms with E-state index in [-0.39, 0.29) is 5.92 Å². The second-order valence-electron chi connectivity index (χ2n) is 9.28. The van der Waals surface area contributed by atoms with Gasteiger partial charge in [0, 0.05) is 33.2 Å². The lowest BCUT2D eigenvalue weighted by molar-refractivity contribution is -0.121. The maximum Gasteiger partial charge on any atom is 0.136 e. The lowest BCUT2D eigenvalue weighted by Gasteiger charge is -2.44. The zero-order valence-corrected chi connectivity index (χ0v) is 18.2. The van der Waals surface area contributed by atoms with Crippen molar-refractivity contribution in [3.05, 3.63) is 12.2 Å². The maximum atomic E-state index is 12.5. The van der Waals surface area contributed by atoms with E-state index in [2.05, 4.69) is 26.0 Å². The Hall–Kier alpha value is -0.670. The van der Waals surface area contributed by atoms with Crippen LogP contribution >= 0.6 is 0 Å². The number of ketones is 1. The number of rotatable bonds is 13. The third kappa shape index (κ3) is 6.42. The van der Waals surface area contributed by atoms with E-state index >= 15 is 0 Å². The predicted molar refractivity (Wildman–Crippen MR) is 112 cm³/mol. The molecule has 27 heavy (non-hydrogen) atoms. The van der Waals surface area contributed by atoms with Crippen molar-refractivity contribution >= 4 is 5.78 Å². The van der Waals surface area contributed by atoms with Crippen molar-refractivity contribution in [1.82, 2.24) is 0 Å². The summed E-state index contributed by atoms with van der Waals surface area (Å²) < 4.78 is 10.9. The van der Waals surface area contributed by atoms with Gasteiger partial charge in [-0.15, -0.1) is 0 Å². The minimum absolute atomic E-state index is 0.246. The molecule has 0 radical (unpaired) electrons. The van der Waals surface area contributed by atoms with Crippen molar-refractivity contribution in [2.75, 3.05) is 20.8 Å². The monoisotopic (exact) mass is 378 g/mol. The van der Waals surface area contributed by atoms with E-state index in [1.54, 1.807) is 7.11 Å². The molecule has 2 rings (SSSR count). The Balaban J connectivity index is 1.75. The molecule has 0 bridgehead atoms. The van der Waals surface area contributed by atoms with Crippen molar-refractivity contribution in [2.24, 2.45) is 23.2 Å². The maximum absolute atomic E-state index is 12.5. The topological polar surface area (TPSA) is 35.5 Å². The van der Waals surface area contributed by atoms with Gasteiger partial charge in [0.1, 0.15) is 5.78 Å². The average Bonchev–Trinajstić information content (AvgIpc) is 2.89. The van der Waals surface area contributed by atoms with Crippen molar-refractivity contribution in [3.8, 4) is 0 Å². The van der Waals surface area contributed by atoms with Gasteiger partial charge in [0.05, 0.1) is 6.10 Å². The highest BCUT2D eigenvalue weighted by molar-refractivity contribution is 5.84. The van der Waals surface area contributed by atoms with Crippen molar-refractivity contribution in [3.63, 3.8) is 0 Å². The van der Waals surface area contributed by atoms with Crippen molar-refractivity contribution in [1.29, 1.82) is 0 Å². The molecule has 0 amide bonds. The molecule has 156 valence electrons. The fourth-order valence-electron chi connectivity index (χ4n) is 5.26. The summed E-state index contributed by atoms with van der Waals surface area (Å²) in [5.41, 5.74) is 0.400. The van der Waals surface area contributed by atoms with E-state index in [0.717, 1.165) is 38.7 Å². The van der Waals surface area contributed by atoms with Crippen molar-refractivity contribution < 1.29 is 14.3 Å².